The fraction of sp³-hybridized carbons (Fsp3) is 0.143. The number of hydrogen-bond acceptors (Lipinski definition) is 3. The van der Waals surface area contributed by atoms with Crippen LogP contribution < -0.4 is 14.2 Å². The Morgan fingerprint density at radius 3 is 1.24 bits per heavy atom. The highest BCUT2D eigenvalue weighted by Crippen LogP contribution is 2.37. The summed E-state index contributed by atoms with van der Waals surface area (Å²) < 4.78 is 63.1. The minimum Gasteiger partial charge on any atom is -0.450 e. The SMILES string of the molecule is FC(F)Oc1ccccc1Oc1ccccc1OC(F)F. The highest BCUT2D eigenvalue weighted by atomic mass is 19.3. The van der Waals surface area contributed by atoms with Crippen LogP contribution in [0.2, 0.25) is 0 Å². The minimum absolute atomic E-state index is 0.0388. The first-order chi connectivity index (χ1) is 10.1. The summed E-state index contributed by atoms with van der Waals surface area (Å²) >= 11 is 0. The molecular weight excluding hydrogens is 292 g/mol. The number of para-hydroxylation sites is 4. The largest absolute Gasteiger partial charge is 0.450 e. The first kappa shape index (κ1) is 15.0. The van der Waals surface area contributed by atoms with Gasteiger partial charge in [-0.2, -0.15) is 17.6 Å². The highest BCUT2D eigenvalue weighted by Gasteiger charge is 2.14. The van der Waals surface area contributed by atoms with Gasteiger partial charge in [0.25, 0.3) is 0 Å². The van der Waals surface area contributed by atoms with Crippen molar-refractivity contribution in [2.75, 3.05) is 0 Å². The maximum Gasteiger partial charge on any atom is 0.387 e. The number of hydrogen-bond donors (Lipinski definition) is 0. The summed E-state index contributed by atoms with van der Waals surface area (Å²) in [5.41, 5.74) is 0. The van der Waals surface area contributed by atoms with Crippen LogP contribution >= 0.6 is 0 Å². The van der Waals surface area contributed by atoms with Crippen LogP contribution in [0.15, 0.2) is 48.5 Å². The summed E-state index contributed by atoms with van der Waals surface area (Å²) in [5, 5.41) is 0. The van der Waals surface area contributed by atoms with Gasteiger partial charge in [0, 0.05) is 0 Å². The number of alkyl halides is 4. The maximum atomic E-state index is 12.3. The molecular formula is C14H10F4O3. The fourth-order valence-electron chi connectivity index (χ4n) is 1.57. The normalized spacial score (nSPS) is 10.8. The Labute approximate surface area is 117 Å². The lowest BCUT2D eigenvalue weighted by atomic mass is 10.3. The van der Waals surface area contributed by atoms with Crippen molar-refractivity contribution in [2.45, 2.75) is 13.2 Å². The second-order valence-corrected chi connectivity index (χ2v) is 3.75. The number of rotatable bonds is 6. The van der Waals surface area contributed by atoms with Gasteiger partial charge in [0.1, 0.15) is 0 Å². The molecule has 0 spiro atoms. The van der Waals surface area contributed by atoms with Gasteiger partial charge in [0.05, 0.1) is 0 Å². The number of ether oxygens (including phenoxy) is 3. The lowest BCUT2D eigenvalue weighted by molar-refractivity contribution is -0.0521. The summed E-state index contributed by atoms with van der Waals surface area (Å²) in [5.74, 6) is -0.495. The van der Waals surface area contributed by atoms with Gasteiger partial charge in [-0.3, -0.25) is 0 Å². The molecule has 0 amide bonds. The molecule has 3 nitrogen and oxygen atoms in total. The van der Waals surface area contributed by atoms with E-state index in [0.717, 1.165) is 0 Å². The molecule has 0 saturated heterocycles. The second-order valence-electron chi connectivity index (χ2n) is 3.75. The quantitative estimate of drug-likeness (QED) is 0.725. The molecule has 0 heterocycles. The van der Waals surface area contributed by atoms with Crippen LogP contribution in [0.1, 0.15) is 0 Å². The molecule has 7 heteroatoms. The van der Waals surface area contributed by atoms with Gasteiger partial charge in [-0.25, -0.2) is 0 Å². The zero-order chi connectivity index (χ0) is 15.2. The molecule has 21 heavy (non-hydrogen) atoms. The molecule has 112 valence electrons. The minimum atomic E-state index is -3.03. The van der Waals surface area contributed by atoms with Crippen LogP contribution in [-0.2, 0) is 0 Å². The standard InChI is InChI=1S/C14H10F4O3/c15-13(16)20-11-7-3-1-5-9(11)19-10-6-2-4-8-12(10)21-14(17)18/h1-8,13-14H. The van der Waals surface area contributed by atoms with Crippen molar-refractivity contribution in [3.8, 4) is 23.0 Å². The Balaban J connectivity index is 2.26. The predicted octanol–water partition coefficient (Wildman–Crippen LogP) is 4.68. The van der Waals surface area contributed by atoms with Gasteiger partial charge in [0.2, 0.25) is 0 Å². The Hall–Kier alpha value is -2.44. The summed E-state index contributed by atoms with van der Waals surface area (Å²) in [6.07, 6.45) is 0. The smallest absolute Gasteiger partial charge is 0.387 e. The van der Waals surface area contributed by atoms with Gasteiger partial charge in [-0.05, 0) is 24.3 Å². The third-order valence-electron chi connectivity index (χ3n) is 2.35. The second kappa shape index (κ2) is 6.83. The summed E-state index contributed by atoms with van der Waals surface area (Å²) in [7, 11) is 0. The van der Waals surface area contributed by atoms with E-state index in [1.807, 2.05) is 0 Å². The van der Waals surface area contributed by atoms with Gasteiger partial charge in [-0.15, -0.1) is 0 Å². The molecule has 0 unspecified atom stereocenters. The van der Waals surface area contributed by atoms with Crippen LogP contribution in [0.4, 0.5) is 17.6 Å². The Morgan fingerprint density at radius 1 is 0.571 bits per heavy atom. The van der Waals surface area contributed by atoms with Gasteiger partial charge in [-0.1, -0.05) is 24.3 Å². The van der Waals surface area contributed by atoms with E-state index in [1.165, 1.54) is 48.5 Å². The van der Waals surface area contributed by atoms with Crippen LogP contribution in [0, 0.1) is 0 Å². The van der Waals surface area contributed by atoms with Crippen LogP contribution in [0.5, 0.6) is 23.0 Å². The van der Waals surface area contributed by atoms with Crippen molar-refractivity contribution < 1.29 is 31.8 Å². The van der Waals surface area contributed by atoms with Crippen LogP contribution in [0.25, 0.3) is 0 Å². The molecule has 0 saturated carbocycles. The monoisotopic (exact) mass is 302 g/mol. The van der Waals surface area contributed by atoms with E-state index in [1.54, 1.807) is 0 Å². The molecule has 0 bridgehead atoms. The van der Waals surface area contributed by atoms with Crippen molar-refractivity contribution in [3.63, 3.8) is 0 Å². The van der Waals surface area contributed by atoms with Crippen molar-refractivity contribution in [1.82, 2.24) is 0 Å². The average Bonchev–Trinajstić information content (AvgIpc) is 2.42. The number of halogens is 4. The first-order valence-corrected chi connectivity index (χ1v) is 5.82. The Morgan fingerprint density at radius 2 is 0.905 bits per heavy atom. The fourth-order valence-corrected chi connectivity index (χ4v) is 1.57. The topological polar surface area (TPSA) is 27.7 Å². The Kier molecular flexibility index (Phi) is 4.86. The molecule has 2 aromatic rings. The molecule has 0 aliphatic rings. The van der Waals surface area contributed by atoms with E-state index in [4.69, 9.17) is 4.74 Å². The van der Waals surface area contributed by atoms with Crippen molar-refractivity contribution in [1.29, 1.82) is 0 Å². The summed E-state index contributed by atoms with van der Waals surface area (Å²) in [6, 6.07) is 11.3. The average molecular weight is 302 g/mol. The lowest BCUT2D eigenvalue weighted by Gasteiger charge is -2.14. The van der Waals surface area contributed by atoms with Gasteiger partial charge >= 0.3 is 13.2 Å². The van der Waals surface area contributed by atoms with Crippen molar-refractivity contribution >= 4 is 0 Å². The number of benzene rings is 2. The van der Waals surface area contributed by atoms with E-state index >= 15 is 0 Å². The lowest BCUT2D eigenvalue weighted by Crippen LogP contribution is -2.05. The van der Waals surface area contributed by atoms with E-state index < -0.39 is 13.2 Å². The first-order valence-electron chi connectivity index (χ1n) is 5.82. The van der Waals surface area contributed by atoms with Gasteiger partial charge < -0.3 is 14.2 Å². The van der Waals surface area contributed by atoms with E-state index in [0.29, 0.717) is 0 Å². The summed E-state index contributed by atoms with van der Waals surface area (Å²) in [6.45, 7) is -6.05. The molecule has 0 N–H and O–H groups in total. The predicted molar refractivity (Wildman–Crippen MR) is 66.2 cm³/mol. The molecule has 0 aliphatic carbocycles. The summed E-state index contributed by atoms with van der Waals surface area (Å²) in [4.78, 5) is 0. The van der Waals surface area contributed by atoms with E-state index in [2.05, 4.69) is 9.47 Å². The van der Waals surface area contributed by atoms with Crippen LogP contribution in [0.3, 0.4) is 0 Å². The third kappa shape index (κ3) is 4.27. The molecule has 0 atom stereocenters. The maximum absolute atomic E-state index is 12.3. The molecule has 0 aromatic heterocycles. The molecule has 2 aromatic carbocycles. The van der Waals surface area contributed by atoms with Crippen molar-refractivity contribution in [3.05, 3.63) is 48.5 Å². The van der Waals surface area contributed by atoms with Crippen molar-refractivity contribution in [2.24, 2.45) is 0 Å². The highest BCUT2D eigenvalue weighted by molar-refractivity contribution is 5.47. The molecule has 0 radical (unpaired) electrons. The molecule has 0 fully saturated rings. The Bertz CT molecular complexity index is 538. The molecule has 0 aliphatic heterocycles. The third-order valence-corrected chi connectivity index (χ3v) is 2.35. The van der Waals surface area contributed by atoms with E-state index in [9.17, 15) is 17.6 Å². The zero-order valence-corrected chi connectivity index (χ0v) is 10.5. The van der Waals surface area contributed by atoms with E-state index in [-0.39, 0.29) is 23.0 Å². The van der Waals surface area contributed by atoms with Gasteiger partial charge in [0.15, 0.2) is 23.0 Å². The molecule has 2 rings (SSSR count). The van der Waals surface area contributed by atoms with Crippen LogP contribution in [-0.4, -0.2) is 13.2 Å². The zero-order valence-electron chi connectivity index (χ0n) is 10.5.